The van der Waals surface area contributed by atoms with Crippen LogP contribution in [0.3, 0.4) is 0 Å². The van der Waals surface area contributed by atoms with E-state index in [2.05, 4.69) is 38.4 Å². The molecule has 0 radical (unpaired) electrons. The molecule has 1 heterocycles. The molecule has 2 aliphatic carbocycles. The van der Waals surface area contributed by atoms with Gasteiger partial charge in [-0.25, -0.2) is 0 Å². The van der Waals surface area contributed by atoms with Crippen molar-refractivity contribution in [3.63, 3.8) is 0 Å². The van der Waals surface area contributed by atoms with Crippen LogP contribution in [0, 0.1) is 23.2 Å². The quantitative estimate of drug-likeness (QED) is 0.594. The molecule has 0 aromatic heterocycles. The van der Waals surface area contributed by atoms with E-state index in [1.807, 2.05) is 6.92 Å². The molecule has 0 aromatic carbocycles. The second-order valence-corrected chi connectivity index (χ2v) is 8.97. The lowest BCUT2D eigenvalue weighted by Crippen LogP contribution is -2.54. The van der Waals surface area contributed by atoms with Gasteiger partial charge in [0.1, 0.15) is 12.4 Å². The van der Waals surface area contributed by atoms with Gasteiger partial charge in [-0.1, -0.05) is 38.7 Å². The van der Waals surface area contributed by atoms with E-state index < -0.39 is 5.60 Å². The molecule has 2 saturated carbocycles. The van der Waals surface area contributed by atoms with E-state index in [-0.39, 0.29) is 11.5 Å². The van der Waals surface area contributed by atoms with Gasteiger partial charge >= 0.3 is 0 Å². The molecule has 4 heteroatoms. The van der Waals surface area contributed by atoms with Crippen LogP contribution in [-0.2, 0) is 9.53 Å². The highest BCUT2D eigenvalue weighted by Crippen LogP contribution is 2.59. The van der Waals surface area contributed by atoms with Crippen LogP contribution in [0.15, 0.2) is 36.1 Å². The molecule has 1 aliphatic heterocycles. The molecule has 144 valence electrons. The number of hydrogen-bond donors (Lipinski definition) is 2. The number of ether oxygens (including phenoxy) is 1. The Morgan fingerprint density at radius 1 is 1.35 bits per heavy atom. The van der Waals surface area contributed by atoms with Gasteiger partial charge in [-0.05, 0) is 62.2 Å². The zero-order valence-corrected chi connectivity index (χ0v) is 16.4. The van der Waals surface area contributed by atoms with Gasteiger partial charge in [0, 0.05) is 5.57 Å². The first-order valence-electron chi connectivity index (χ1n) is 9.82. The zero-order valence-electron chi connectivity index (χ0n) is 16.4. The van der Waals surface area contributed by atoms with Gasteiger partial charge in [0.05, 0.1) is 11.6 Å². The number of hydrogen-bond acceptors (Lipinski definition) is 3. The molecule has 0 bridgehead atoms. The van der Waals surface area contributed by atoms with E-state index in [0.29, 0.717) is 30.1 Å². The molecule has 2 N–H and O–H groups in total. The van der Waals surface area contributed by atoms with Crippen molar-refractivity contribution >= 4 is 6.41 Å². The standard InChI is InChI=1S/C22H33NO3/c1-14-6-8-19-15(2)22(5,25)11-10-21(19,4)18(14)9-7-17-16(3)26-12-20(17)23-13-24/h7,13,15,18-20,25H,1,3,6,8-12H2,2,4-5H3,(H,23,24)/b17-7-/t15-,18-,19-,20?,21+,22-/m1/s1. The summed E-state index contributed by atoms with van der Waals surface area (Å²) in [4.78, 5) is 10.8. The third-order valence-corrected chi connectivity index (χ3v) is 7.63. The number of amides is 1. The third kappa shape index (κ3) is 3.13. The van der Waals surface area contributed by atoms with E-state index in [1.165, 1.54) is 5.57 Å². The lowest BCUT2D eigenvalue weighted by molar-refractivity contribution is -0.124. The molecular formula is C22H33NO3. The van der Waals surface area contributed by atoms with Crippen molar-refractivity contribution in [3.8, 4) is 0 Å². The Kier molecular flexibility index (Phi) is 5.08. The van der Waals surface area contributed by atoms with Gasteiger partial charge in [0.2, 0.25) is 6.41 Å². The van der Waals surface area contributed by atoms with Gasteiger partial charge in [0.25, 0.3) is 0 Å². The Morgan fingerprint density at radius 3 is 2.77 bits per heavy atom. The van der Waals surface area contributed by atoms with Crippen LogP contribution in [0.4, 0.5) is 0 Å². The summed E-state index contributed by atoms with van der Waals surface area (Å²) in [6.07, 6.45) is 7.81. The van der Waals surface area contributed by atoms with E-state index in [4.69, 9.17) is 4.74 Å². The van der Waals surface area contributed by atoms with Crippen LogP contribution in [0.5, 0.6) is 0 Å². The monoisotopic (exact) mass is 359 g/mol. The van der Waals surface area contributed by atoms with E-state index in [9.17, 15) is 9.90 Å². The highest BCUT2D eigenvalue weighted by molar-refractivity contribution is 5.50. The minimum absolute atomic E-state index is 0.105. The van der Waals surface area contributed by atoms with Crippen LogP contribution in [0.2, 0.25) is 0 Å². The minimum atomic E-state index is -0.571. The number of carbonyl (C=O) groups is 1. The summed E-state index contributed by atoms with van der Waals surface area (Å²) in [7, 11) is 0. The Hall–Kier alpha value is -1.55. The first-order chi connectivity index (χ1) is 12.2. The normalized spacial score (nSPS) is 44.5. The van der Waals surface area contributed by atoms with Crippen molar-refractivity contribution in [2.45, 2.75) is 64.5 Å². The Morgan fingerprint density at radius 2 is 2.08 bits per heavy atom. The number of aliphatic hydroxyl groups is 1. The van der Waals surface area contributed by atoms with Crippen molar-refractivity contribution in [3.05, 3.63) is 36.1 Å². The molecule has 1 amide bonds. The van der Waals surface area contributed by atoms with Crippen molar-refractivity contribution in [2.24, 2.45) is 23.2 Å². The predicted octanol–water partition coefficient (Wildman–Crippen LogP) is 3.73. The predicted molar refractivity (Wildman–Crippen MR) is 103 cm³/mol. The van der Waals surface area contributed by atoms with E-state index in [1.54, 1.807) is 0 Å². The second-order valence-electron chi connectivity index (χ2n) is 8.97. The number of rotatable bonds is 4. The van der Waals surface area contributed by atoms with Gasteiger partial charge in [-0.2, -0.15) is 0 Å². The minimum Gasteiger partial charge on any atom is -0.491 e. The Bertz CT molecular complexity index is 635. The summed E-state index contributed by atoms with van der Waals surface area (Å²) < 4.78 is 5.53. The molecule has 6 atom stereocenters. The third-order valence-electron chi connectivity index (χ3n) is 7.63. The van der Waals surface area contributed by atoms with Crippen LogP contribution in [0.1, 0.15) is 52.9 Å². The zero-order chi connectivity index (χ0) is 19.1. The molecule has 1 saturated heterocycles. The van der Waals surface area contributed by atoms with Crippen LogP contribution < -0.4 is 5.32 Å². The number of nitrogens with one attached hydrogen (secondary N) is 1. The summed E-state index contributed by atoms with van der Waals surface area (Å²) in [5.41, 5.74) is 1.89. The molecule has 26 heavy (non-hydrogen) atoms. The Balaban J connectivity index is 1.84. The highest BCUT2D eigenvalue weighted by atomic mass is 16.5. The maximum atomic E-state index is 10.8. The summed E-state index contributed by atoms with van der Waals surface area (Å²) in [6, 6.07) is -0.105. The molecule has 3 fully saturated rings. The maximum absolute atomic E-state index is 10.8. The SMILES string of the molecule is C=C1OCC(NC=O)/C1=C\C[C@@H]1C(=C)CC[C@@H]2[C@@H](C)[C@](C)(O)CC[C@@]12C. The first kappa shape index (κ1) is 19.2. The smallest absolute Gasteiger partial charge is 0.207 e. The summed E-state index contributed by atoms with van der Waals surface area (Å²) in [5.74, 6) is 1.84. The van der Waals surface area contributed by atoms with Crippen LogP contribution in [-0.4, -0.2) is 29.8 Å². The Labute approximate surface area is 157 Å². The second kappa shape index (κ2) is 6.88. The molecule has 0 spiro atoms. The van der Waals surface area contributed by atoms with Crippen LogP contribution in [0.25, 0.3) is 0 Å². The van der Waals surface area contributed by atoms with E-state index >= 15 is 0 Å². The fourth-order valence-electron chi connectivity index (χ4n) is 5.64. The van der Waals surface area contributed by atoms with Gasteiger partial charge in [0.15, 0.2) is 0 Å². The molecular weight excluding hydrogens is 326 g/mol. The first-order valence-corrected chi connectivity index (χ1v) is 9.82. The summed E-state index contributed by atoms with van der Waals surface area (Å²) in [5, 5.41) is 13.6. The van der Waals surface area contributed by atoms with Crippen molar-refractivity contribution in [1.82, 2.24) is 5.32 Å². The van der Waals surface area contributed by atoms with Crippen molar-refractivity contribution in [1.29, 1.82) is 0 Å². The average molecular weight is 360 g/mol. The largest absolute Gasteiger partial charge is 0.491 e. The highest BCUT2D eigenvalue weighted by Gasteiger charge is 2.54. The van der Waals surface area contributed by atoms with E-state index in [0.717, 1.165) is 44.1 Å². The number of allylic oxidation sites excluding steroid dienone is 2. The van der Waals surface area contributed by atoms with Crippen LogP contribution >= 0.6 is 0 Å². The lowest BCUT2D eigenvalue weighted by atomic mass is 9.48. The molecule has 1 unspecified atom stereocenters. The fourth-order valence-corrected chi connectivity index (χ4v) is 5.64. The topological polar surface area (TPSA) is 58.6 Å². The van der Waals surface area contributed by atoms with Gasteiger partial charge in [-0.15, -0.1) is 0 Å². The number of carbonyl (C=O) groups excluding carboxylic acids is 1. The van der Waals surface area contributed by atoms with Crippen molar-refractivity contribution < 1.29 is 14.6 Å². The maximum Gasteiger partial charge on any atom is 0.207 e. The molecule has 3 aliphatic rings. The number of fused-ring (bicyclic) bond motifs is 1. The van der Waals surface area contributed by atoms with Crippen molar-refractivity contribution in [2.75, 3.05) is 6.61 Å². The molecule has 4 nitrogen and oxygen atoms in total. The average Bonchev–Trinajstić information content (AvgIpc) is 2.92. The summed E-state index contributed by atoms with van der Waals surface area (Å²) >= 11 is 0. The molecule has 3 rings (SSSR count). The fraction of sp³-hybridized carbons (Fsp3) is 0.682. The molecule has 0 aromatic rings. The lowest BCUT2D eigenvalue weighted by Gasteiger charge is -2.58. The van der Waals surface area contributed by atoms with Gasteiger partial charge in [-0.3, -0.25) is 4.79 Å². The summed E-state index contributed by atoms with van der Waals surface area (Å²) in [6.45, 7) is 15.4. The van der Waals surface area contributed by atoms with Gasteiger partial charge < -0.3 is 15.2 Å².